The van der Waals surface area contributed by atoms with Crippen molar-refractivity contribution in [3.63, 3.8) is 0 Å². The molecule has 0 fully saturated rings. The number of nitrogens with zero attached hydrogens (tertiary/aromatic N) is 1. The molecule has 0 aliphatic carbocycles. The van der Waals surface area contributed by atoms with Gasteiger partial charge >= 0.3 is 0 Å². The summed E-state index contributed by atoms with van der Waals surface area (Å²) in [6, 6.07) is 14.3. The second-order valence-electron chi connectivity index (χ2n) is 4.50. The molecule has 0 atom stereocenters. The molecule has 6 heteroatoms. The lowest BCUT2D eigenvalue weighted by atomic mass is 10.1. The Morgan fingerprint density at radius 2 is 1.76 bits per heavy atom. The van der Waals surface area contributed by atoms with Gasteiger partial charge in [0.1, 0.15) is 5.69 Å². The van der Waals surface area contributed by atoms with E-state index >= 15 is 0 Å². The first-order valence-electron chi connectivity index (χ1n) is 6.19. The van der Waals surface area contributed by atoms with Crippen LogP contribution in [-0.2, 0) is 0 Å². The summed E-state index contributed by atoms with van der Waals surface area (Å²) in [5, 5.41) is 3.86. The van der Waals surface area contributed by atoms with Gasteiger partial charge in [-0.15, -0.1) is 0 Å². The van der Waals surface area contributed by atoms with Crippen LogP contribution in [0.2, 0.25) is 10.0 Å². The molecule has 0 bridgehead atoms. The highest BCUT2D eigenvalue weighted by Crippen LogP contribution is 2.26. The lowest BCUT2D eigenvalue weighted by Gasteiger charge is -2.05. The van der Waals surface area contributed by atoms with Crippen LogP contribution in [0, 0.1) is 0 Å². The number of hydrogen-bond donors (Lipinski definition) is 2. The molecular weight excluding hydrogens is 309 g/mol. The maximum Gasteiger partial charge on any atom is 0.295 e. The van der Waals surface area contributed by atoms with E-state index in [4.69, 9.17) is 28.9 Å². The molecule has 0 saturated carbocycles. The van der Waals surface area contributed by atoms with Gasteiger partial charge in [0.25, 0.3) is 5.56 Å². The van der Waals surface area contributed by atoms with Crippen LogP contribution in [-0.4, -0.2) is 9.78 Å². The Bertz CT molecular complexity index is 853. The zero-order chi connectivity index (χ0) is 15.0. The van der Waals surface area contributed by atoms with Crippen LogP contribution in [0.1, 0.15) is 0 Å². The maximum atomic E-state index is 12.3. The van der Waals surface area contributed by atoms with Gasteiger partial charge in [0.05, 0.1) is 16.4 Å². The van der Waals surface area contributed by atoms with Crippen molar-refractivity contribution in [2.75, 3.05) is 5.73 Å². The highest BCUT2D eigenvalue weighted by Gasteiger charge is 2.15. The molecule has 3 N–H and O–H groups in total. The van der Waals surface area contributed by atoms with Gasteiger partial charge < -0.3 is 5.73 Å². The molecule has 0 unspecified atom stereocenters. The normalized spacial score (nSPS) is 10.8. The lowest BCUT2D eigenvalue weighted by molar-refractivity contribution is 0.853. The zero-order valence-corrected chi connectivity index (χ0v) is 12.3. The molecular formula is C15H11Cl2N3O. The number of benzene rings is 2. The first kappa shape index (κ1) is 13.8. The van der Waals surface area contributed by atoms with Crippen molar-refractivity contribution in [2.45, 2.75) is 0 Å². The molecule has 4 nitrogen and oxygen atoms in total. The summed E-state index contributed by atoms with van der Waals surface area (Å²) in [6.07, 6.45) is 0. The summed E-state index contributed by atoms with van der Waals surface area (Å²) in [6.45, 7) is 0. The zero-order valence-electron chi connectivity index (χ0n) is 10.8. The Morgan fingerprint density at radius 3 is 2.43 bits per heavy atom. The monoisotopic (exact) mass is 319 g/mol. The van der Waals surface area contributed by atoms with Crippen LogP contribution >= 0.6 is 23.2 Å². The summed E-state index contributed by atoms with van der Waals surface area (Å²) in [5.74, 6) is 0. The molecule has 106 valence electrons. The molecule has 0 amide bonds. The summed E-state index contributed by atoms with van der Waals surface area (Å²) in [7, 11) is 0. The highest BCUT2D eigenvalue weighted by molar-refractivity contribution is 6.35. The molecule has 1 aromatic heterocycles. The molecule has 21 heavy (non-hydrogen) atoms. The average molecular weight is 320 g/mol. The minimum Gasteiger partial charge on any atom is -0.392 e. The van der Waals surface area contributed by atoms with Crippen LogP contribution in [0.4, 0.5) is 5.69 Å². The number of nitrogens with one attached hydrogen (secondary N) is 1. The molecule has 3 aromatic rings. The van der Waals surface area contributed by atoms with Crippen molar-refractivity contribution in [3.05, 3.63) is 68.9 Å². The predicted octanol–water partition coefficient (Wildman–Crippen LogP) is 3.72. The van der Waals surface area contributed by atoms with Gasteiger partial charge in [-0.05, 0) is 18.2 Å². The fourth-order valence-corrected chi connectivity index (χ4v) is 2.60. The maximum absolute atomic E-state index is 12.3. The van der Waals surface area contributed by atoms with Crippen molar-refractivity contribution in [1.29, 1.82) is 0 Å². The molecule has 0 aliphatic rings. The first-order valence-corrected chi connectivity index (χ1v) is 6.95. The van der Waals surface area contributed by atoms with Gasteiger partial charge in [0.2, 0.25) is 0 Å². The second kappa shape index (κ2) is 5.31. The largest absolute Gasteiger partial charge is 0.392 e. The van der Waals surface area contributed by atoms with E-state index in [1.54, 1.807) is 18.2 Å². The van der Waals surface area contributed by atoms with Crippen LogP contribution in [0.5, 0.6) is 0 Å². The Balaban J connectivity index is 2.20. The summed E-state index contributed by atoms with van der Waals surface area (Å²) < 4.78 is 1.32. The molecule has 0 aliphatic heterocycles. The quantitative estimate of drug-likeness (QED) is 0.756. The predicted molar refractivity (Wildman–Crippen MR) is 86.3 cm³/mol. The first-order chi connectivity index (χ1) is 10.1. The van der Waals surface area contributed by atoms with Crippen LogP contribution < -0.4 is 11.3 Å². The molecule has 3 rings (SSSR count). The SMILES string of the molecule is Nc1c(-c2ccccc2)[nH]n(-c2ccc(Cl)cc2Cl)c1=O. The van der Waals surface area contributed by atoms with Gasteiger partial charge in [-0.1, -0.05) is 53.5 Å². The number of aromatic amines is 1. The number of aromatic nitrogens is 2. The van der Waals surface area contributed by atoms with Gasteiger partial charge in [0.15, 0.2) is 0 Å². The van der Waals surface area contributed by atoms with Crippen molar-refractivity contribution in [3.8, 4) is 16.9 Å². The van der Waals surface area contributed by atoms with E-state index in [9.17, 15) is 4.79 Å². The minimum atomic E-state index is -0.349. The Kier molecular flexibility index (Phi) is 3.49. The van der Waals surface area contributed by atoms with Gasteiger partial charge in [-0.2, -0.15) is 0 Å². The van der Waals surface area contributed by atoms with Gasteiger partial charge in [-0.25, -0.2) is 4.68 Å². The smallest absolute Gasteiger partial charge is 0.295 e. The molecule has 2 aromatic carbocycles. The fourth-order valence-electron chi connectivity index (χ4n) is 2.11. The number of hydrogen-bond acceptors (Lipinski definition) is 2. The van der Waals surface area contributed by atoms with Crippen molar-refractivity contribution in [1.82, 2.24) is 9.78 Å². The van der Waals surface area contributed by atoms with E-state index in [-0.39, 0.29) is 11.2 Å². The topological polar surface area (TPSA) is 63.8 Å². The van der Waals surface area contributed by atoms with Crippen LogP contribution in [0.15, 0.2) is 53.3 Å². The van der Waals surface area contributed by atoms with E-state index in [0.717, 1.165) is 5.56 Å². The van der Waals surface area contributed by atoms with E-state index in [2.05, 4.69) is 5.10 Å². The number of halogens is 2. The Labute approximate surface area is 130 Å². The number of nitrogens with two attached hydrogens (primary N) is 1. The van der Waals surface area contributed by atoms with Crippen molar-refractivity contribution in [2.24, 2.45) is 0 Å². The third kappa shape index (κ3) is 2.44. The molecule has 1 heterocycles. The second-order valence-corrected chi connectivity index (χ2v) is 5.35. The van der Waals surface area contributed by atoms with Crippen molar-refractivity contribution >= 4 is 28.9 Å². The van der Waals surface area contributed by atoms with E-state index < -0.39 is 0 Å². The molecule has 0 radical (unpaired) electrons. The summed E-state index contributed by atoms with van der Waals surface area (Å²) >= 11 is 12.0. The Morgan fingerprint density at radius 1 is 1.05 bits per heavy atom. The van der Waals surface area contributed by atoms with Crippen LogP contribution in [0.25, 0.3) is 16.9 Å². The number of rotatable bonds is 2. The third-order valence-electron chi connectivity index (χ3n) is 3.14. The molecule has 0 spiro atoms. The number of anilines is 1. The fraction of sp³-hybridized carbons (Fsp3) is 0. The van der Waals surface area contributed by atoms with Crippen molar-refractivity contribution < 1.29 is 0 Å². The summed E-state index contributed by atoms with van der Waals surface area (Å²) in [5.41, 5.74) is 7.61. The van der Waals surface area contributed by atoms with E-state index in [1.807, 2.05) is 30.3 Å². The standard InChI is InChI=1S/C15H11Cl2N3O/c16-10-6-7-12(11(17)8-10)20-15(21)13(18)14(19-20)9-4-2-1-3-5-9/h1-8,19H,18H2. The number of H-pyrrole nitrogens is 1. The minimum absolute atomic E-state index is 0.146. The third-order valence-corrected chi connectivity index (χ3v) is 3.68. The summed E-state index contributed by atoms with van der Waals surface area (Å²) in [4.78, 5) is 12.3. The van der Waals surface area contributed by atoms with Gasteiger partial charge in [0, 0.05) is 10.6 Å². The van der Waals surface area contributed by atoms with E-state index in [0.29, 0.717) is 21.4 Å². The van der Waals surface area contributed by atoms with E-state index in [1.165, 1.54) is 4.68 Å². The van der Waals surface area contributed by atoms with Gasteiger partial charge in [-0.3, -0.25) is 9.89 Å². The number of nitrogen functional groups attached to an aromatic ring is 1. The average Bonchev–Trinajstić information content (AvgIpc) is 2.77. The van der Waals surface area contributed by atoms with Crippen LogP contribution in [0.3, 0.4) is 0 Å². The lowest BCUT2D eigenvalue weighted by Crippen LogP contribution is -2.16. The highest BCUT2D eigenvalue weighted by atomic mass is 35.5. The molecule has 0 saturated heterocycles. The Hall–Kier alpha value is -2.17.